The third-order valence-corrected chi connectivity index (χ3v) is 6.80. The van der Waals surface area contributed by atoms with E-state index in [-0.39, 0.29) is 18.5 Å². The number of benzene rings is 1. The minimum Gasteiger partial charge on any atom is -0.353 e. The quantitative estimate of drug-likeness (QED) is 0.566. The Balaban J connectivity index is 1.65. The molecule has 1 aromatic carbocycles. The van der Waals surface area contributed by atoms with Gasteiger partial charge in [0.2, 0.25) is 5.91 Å². The predicted octanol–water partition coefficient (Wildman–Crippen LogP) is 1.97. The van der Waals surface area contributed by atoms with Crippen molar-refractivity contribution in [3.05, 3.63) is 29.3 Å². The van der Waals surface area contributed by atoms with Crippen LogP contribution in [0.1, 0.15) is 38.5 Å². The molecule has 1 aromatic rings. The largest absolute Gasteiger partial charge is 0.353 e. The van der Waals surface area contributed by atoms with Gasteiger partial charge in [0.25, 0.3) is 10.0 Å². The molecule has 3 rings (SSSR count). The Kier molecular flexibility index (Phi) is 6.39. The SMILES string of the molecule is O=C(NC1CCCCCC1)C1CNNC1S(=O)(=O)Nc1ccc(Cl)cc1. The van der Waals surface area contributed by atoms with Crippen molar-refractivity contribution in [3.8, 4) is 0 Å². The maximum absolute atomic E-state index is 12.7. The summed E-state index contributed by atoms with van der Waals surface area (Å²) in [6.07, 6.45) is 6.51. The summed E-state index contributed by atoms with van der Waals surface area (Å²) in [5.41, 5.74) is 5.93. The normalized spacial score (nSPS) is 24.8. The van der Waals surface area contributed by atoms with Crippen molar-refractivity contribution >= 4 is 33.2 Å². The van der Waals surface area contributed by atoms with E-state index in [1.165, 1.54) is 12.8 Å². The number of hydrazine groups is 1. The lowest BCUT2D eigenvalue weighted by molar-refractivity contribution is -0.125. The van der Waals surface area contributed by atoms with Crippen molar-refractivity contribution < 1.29 is 13.2 Å². The number of hydrogen-bond acceptors (Lipinski definition) is 5. The molecule has 7 nitrogen and oxygen atoms in total. The van der Waals surface area contributed by atoms with E-state index in [0.29, 0.717) is 10.7 Å². The molecule has 2 unspecified atom stereocenters. The Hall–Kier alpha value is -1.35. The lowest BCUT2D eigenvalue weighted by Crippen LogP contribution is -2.48. The van der Waals surface area contributed by atoms with Crippen LogP contribution in [0.15, 0.2) is 24.3 Å². The number of halogens is 1. The summed E-state index contributed by atoms with van der Waals surface area (Å²) < 4.78 is 28.0. The Morgan fingerprint density at radius 1 is 1.08 bits per heavy atom. The average Bonchev–Trinajstić information content (AvgIpc) is 2.98. The van der Waals surface area contributed by atoms with Crippen molar-refractivity contribution in [2.24, 2.45) is 5.92 Å². The third kappa shape index (κ3) is 4.88. The molecule has 1 aliphatic carbocycles. The summed E-state index contributed by atoms with van der Waals surface area (Å²) in [5, 5.41) is 2.53. The van der Waals surface area contributed by atoms with Crippen LogP contribution in [0.2, 0.25) is 5.02 Å². The van der Waals surface area contributed by atoms with E-state index in [1.54, 1.807) is 24.3 Å². The van der Waals surface area contributed by atoms with Crippen LogP contribution in [0.4, 0.5) is 5.69 Å². The third-order valence-electron chi connectivity index (χ3n) is 4.91. The molecule has 4 N–H and O–H groups in total. The van der Waals surface area contributed by atoms with Crippen molar-refractivity contribution in [2.75, 3.05) is 11.3 Å². The van der Waals surface area contributed by atoms with Crippen LogP contribution in [0, 0.1) is 5.92 Å². The van der Waals surface area contributed by atoms with Gasteiger partial charge in [-0.2, -0.15) is 0 Å². The highest BCUT2D eigenvalue weighted by Gasteiger charge is 2.42. The van der Waals surface area contributed by atoms with E-state index in [2.05, 4.69) is 20.9 Å². The predicted molar refractivity (Wildman–Crippen MR) is 102 cm³/mol. The lowest BCUT2D eigenvalue weighted by Gasteiger charge is -2.22. The molecule has 0 aromatic heterocycles. The zero-order chi connectivity index (χ0) is 18.6. The Labute approximate surface area is 159 Å². The summed E-state index contributed by atoms with van der Waals surface area (Å²) in [4.78, 5) is 12.7. The van der Waals surface area contributed by atoms with E-state index in [9.17, 15) is 13.2 Å². The van der Waals surface area contributed by atoms with Gasteiger partial charge in [-0.05, 0) is 37.1 Å². The van der Waals surface area contributed by atoms with Gasteiger partial charge in [-0.15, -0.1) is 0 Å². The van der Waals surface area contributed by atoms with Crippen LogP contribution in [-0.2, 0) is 14.8 Å². The number of rotatable bonds is 5. The minimum absolute atomic E-state index is 0.137. The summed E-state index contributed by atoms with van der Waals surface area (Å²) in [6, 6.07) is 6.52. The average molecular weight is 401 g/mol. The summed E-state index contributed by atoms with van der Waals surface area (Å²) >= 11 is 5.83. The second-order valence-corrected chi connectivity index (χ2v) is 9.14. The highest BCUT2D eigenvalue weighted by atomic mass is 35.5. The van der Waals surface area contributed by atoms with Gasteiger partial charge in [-0.1, -0.05) is 37.3 Å². The number of carbonyl (C=O) groups is 1. The number of sulfonamides is 1. The molecule has 9 heteroatoms. The van der Waals surface area contributed by atoms with Crippen molar-refractivity contribution in [2.45, 2.75) is 49.9 Å². The van der Waals surface area contributed by atoms with Crippen LogP contribution in [0.5, 0.6) is 0 Å². The maximum atomic E-state index is 12.7. The second kappa shape index (κ2) is 8.56. The van der Waals surface area contributed by atoms with E-state index < -0.39 is 21.3 Å². The van der Waals surface area contributed by atoms with E-state index in [0.717, 1.165) is 25.7 Å². The fraction of sp³-hybridized carbons (Fsp3) is 0.588. The van der Waals surface area contributed by atoms with Crippen LogP contribution in [-0.4, -0.2) is 32.3 Å². The maximum Gasteiger partial charge on any atom is 0.250 e. The summed E-state index contributed by atoms with van der Waals surface area (Å²) in [6.45, 7) is 0.269. The first kappa shape index (κ1) is 19.4. The van der Waals surface area contributed by atoms with Gasteiger partial charge in [0.05, 0.1) is 5.92 Å². The molecule has 0 radical (unpaired) electrons. The van der Waals surface area contributed by atoms with Crippen molar-refractivity contribution in [1.82, 2.24) is 16.2 Å². The van der Waals surface area contributed by atoms with Crippen LogP contribution < -0.4 is 20.9 Å². The van der Waals surface area contributed by atoms with Crippen molar-refractivity contribution in [1.29, 1.82) is 0 Å². The van der Waals surface area contributed by atoms with E-state index in [4.69, 9.17) is 11.6 Å². The van der Waals surface area contributed by atoms with Gasteiger partial charge in [-0.3, -0.25) is 14.9 Å². The zero-order valence-electron chi connectivity index (χ0n) is 14.5. The monoisotopic (exact) mass is 400 g/mol. The molecule has 144 valence electrons. The zero-order valence-corrected chi connectivity index (χ0v) is 16.1. The molecule has 2 aliphatic rings. The van der Waals surface area contributed by atoms with Gasteiger partial charge in [0.15, 0.2) is 5.37 Å². The molecule has 1 heterocycles. The fourth-order valence-electron chi connectivity index (χ4n) is 3.48. The first-order valence-corrected chi connectivity index (χ1v) is 10.9. The molecule has 0 bridgehead atoms. The van der Waals surface area contributed by atoms with Gasteiger partial charge >= 0.3 is 0 Å². The highest BCUT2D eigenvalue weighted by molar-refractivity contribution is 7.93. The van der Waals surface area contributed by atoms with Gasteiger partial charge < -0.3 is 5.32 Å². The molecule has 26 heavy (non-hydrogen) atoms. The van der Waals surface area contributed by atoms with Crippen LogP contribution in [0.3, 0.4) is 0 Å². The Morgan fingerprint density at radius 3 is 2.38 bits per heavy atom. The standard InChI is InChI=1S/C17H25ClN4O3S/c18-12-7-9-14(10-8-12)22-26(24,25)17-15(11-19-21-17)16(23)20-13-5-3-1-2-4-6-13/h7-10,13,15,17,19,21-22H,1-6,11H2,(H,20,23). The van der Waals surface area contributed by atoms with Gasteiger partial charge in [-0.25, -0.2) is 13.8 Å². The molecular weight excluding hydrogens is 376 g/mol. The van der Waals surface area contributed by atoms with E-state index in [1.807, 2.05) is 0 Å². The molecule has 0 spiro atoms. The molecule has 1 saturated carbocycles. The topological polar surface area (TPSA) is 99.3 Å². The van der Waals surface area contributed by atoms with Crippen LogP contribution in [0.25, 0.3) is 0 Å². The lowest BCUT2D eigenvalue weighted by atomic mass is 10.1. The first-order valence-electron chi connectivity index (χ1n) is 9.02. The Bertz CT molecular complexity index is 718. The number of amides is 1. The minimum atomic E-state index is -3.80. The number of anilines is 1. The molecule has 1 saturated heterocycles. The summed E-state index contributed by atoms with van der Waals surface area (Å²) in [7, 11) is -3.80. The number of nitrogens with one attached hydrogen (secondary N) is 4. The van der Waals surface area contributed by atoms with Crippen molar-refractivity contribution in [3.63, 3.8) is 0 Å². The first-order chi connectivity index (χ1) is 12.5. The molecule has 1 amide bonds. The molecular formula is C17H25ClN4O3S. The summed E-state index contributed by atoms with van der Waals surface area (Å²) in [5.74, 6) is -0.913. The second-order valence-electron chi connectivity index (χ2n) is 6.90. The number of carbonyl (C=O) groups excluding carboxylic acids is 1. The fourth-order valence-corrected chi connectivity index (χ4v) is 5.09. The highest BCUT2D eigenvalue weighted by Crippen LogP contribution is 2.22. The molecule has 1 aliphatic heterocycles. The van der Waals surface area contributed by atoms with E-state index >= 15 is 0 Å². The smallest absolute Gasteiger partial charge is 0.250 e. The molecule has 2 atom stereocenters. The Morgan fingerprint density at radius 2 is 1.73 bits per heavy atom. The number of hydrogen-bond donors (Lipinski definition) is 4. The van der Waals surface area contributed by atoms with Gasteiger partial charge in [0.1, 0.15) is 0 Å². The molecule has 2 fully saturated rings. The van der Waals surface area contributed by atoms with Crippen LogP contribution >= 0.6 is 11.6 Å². The van der Waals surface area contributed by atoms with Gasteiger partial charge in [0, 0.05) is 23.3 Å².